The van der Waals surface area contributed by atoms with Crippen molar-refractivity contribution in [3.63, 3.8) is 0 Å². The molecule has 0 radical (unpaired) electrons. The normalized spacial score (nSPS) is 13.0. The smallest absolute Gasteiger partial charge is 0.238 e. The van der Waals surface area contributed by atoms with Crippen LogP contribution in [0.2, 0.25) is 0 Å². The van der Waals surface area contributed by atoms with Gasteiger partial charge in [-0.3, -0.25) is 4.57 Å². The van der Waals surface area contributed by atoms with Crippen LogP contribution in [0.3, 0.4) is 0 Å². The average Bonchev–Trinajstić information content (AvgIpc) is 3.37. The molecule has 2 heterocycles. The van der Waals surface area contributed by atoms with E-state index in [0.29, 0.717) is 17.6 Å². The molecule has 0 fully saturated rings. The van der Waals surface area contributed by atoms with Crippen LogP contribution in [-0.2, 0) is 12.8 Å². The predicted octanol–water partition coefficient (Wildman–Crippen LogP) is 8.85. The number of aryl methyl sites for hydroxylation is 1. The fraction of sp³-hybridized carbons (Fsp3) is 0.108. The lowest BCUT2D eigenvalue weighted by Crippen LogP contribution is -2.11. The molecule has 196 valence electrons. The van der Waals surface area contributed by atoms with Gasteiger partial charge in [-0.2, -0.15) is 9.97 Å². The van der Waals surface area contributed by atoms with Crippen LogP contribution in [0.25, 0.3) is 61.5 Å². The van der Waals surface area contributed by atoms with Gasteiger partial charge >= 0.3 is 0 Å². The second-order valence-electron chi connectivity index (χ2n) is 10.8. The molecule has 0 saturated heterocycles. The third kappa shape index (κ3) is 4.20. The summed E-state index contributed by atoms with van der Waals surface area (Å²) >= 11 is 0. The van der Waals surface area contributed by atoms with Gasteiger partial charge in [-0.25, -0.2) is 4.98 Å². The Morgan fingerprint density at radius 2 is 1.10 bits per heavy atom. The van der Waals surface area contributed by atoms with Gasteiger partial charge in [0.25, 0.3) is 0 Å². The molecule has 5 aromatic carbocycles. The van der Waals surface area contributed by atoms with Crippen LogP contribution in [0.15, 0.2) is 121 Å². The molecule has 0 unspecified atom stereocenters. The average molecular weight is 529 g/mol. The molecule has 1 aliphatic carbocycles. The van der Waals surface area contributed by atoms with E-state index in [1.807, 2.05) is 24.3 Å². The van der Waals surface area contributed by atoms with E-state index in [1.165, 1.54) is 51.3 Å². The molecule has 2 aromatic heterocycles. The topological polar surface area (TPSA) is 43.6 Å². The van der Waals surface area contributed by atoms with Gasteiger partial charge in [-0.15, -0.1) is 0 Å². The second kappa shape index (κ2) is 9.83. The third-order valence-electron chi connectivity index (χ3n) is 8.22. The van der Waals surface area contributed by atoms with Gasteiger partial charge in [0.15, 0.2) is 11.6 Å². The summed E-state index contributed by atoms with van der Waals surface area (Å²) in [4.78, 5) is 15.3. The van der Waals surface area contributed by atoms with Crippen molar-refractivity contribution >= 4 is 21.7 Å². The van der Waals surface area contributed by atoms with Gasteiger partial charge in [0, 0.05) is 22.2 Å². The monoisotopic (exact) mass is 528 g/mol. The summed E-state index contributed by atoms with van der Waals surface area (Å²) in [6, 6.07) is 42.5. The number of nitrogens with zero attached hydrogens (tertiary/aromatic N) is 4. The zero-order chi connectivity index (χ0) is 27.2. The molecule has 0 atom stereocenters. The number of benzene rings is 5. The molecule has 4 nitrogen and oxygen atoms in total. The molecular formula is C37H28N4. The minimum Gasteiger partial charge on any atom is -0.282 e. The van der Waals surface area contributed by atoms with E-state index in [2.05, 4.69) is 102 Å². The highest BCUT2D eigenvalue weighted by molar-refractivity contribution is 6.00. The molecule has 0 aliphatic heterocycles. The molecule has 0 N–H and O–H groups in total. The number of hydrogen-bond acceptors (Lipinski definition) is 3. The molecule has 0 amide bonds. The first-order valence-corrected chi connectivity index (χ1v) is 14.3. The van der Waals surface area contributed by atoms with Gasteiger partial charge in [0.05, 0.1) is 5.52 Å². The van der Waals surface area contributed by atoms with Gasteiger partial charge in [-0.05, 0) is 71.3 Å². The van der Waals surface area contributed by atoms with Crippen LogP contribution in [0.1, 0.15) is 24.1 Å². The van der Waals surface area contributed by atoms with Crippen molar-refractivity contribution in [1.82, 2.24) is 19.5 Å². The highest BCUT2D eigenvalue weighted by Gasteiger charge is 2.24. The molecule has 41 heavy (non-hydrogen) atoms. The Morgan fingerprint density at radius 3 is 1.88 bits per heavy atom. The highest BCUT2D eigenvalue weighted by atomic mass is 15.2. The van der Waals surface area contributed by atoms with Gasteiger partial charge in [-0.1, -0.05) is 103 Å². The van der Waals surface area contributed by atoms with Gasteiger partial charge < -0.3 is 0 Å². The lowest BCUT2D eigenvalue weighted by molar-refractivity contribution is 0.661. The molecule has 8 rings (SSSR count). The number of aromatic nitrogens is 4. The van der Waals surface area contributed by atoms with Gasteiger partial charge in [0.2, 0.25) is 5.95 Å². The Kier molecular flexibility index (Phi) is 5.70. The van der Waals surface area contributed by atoms with Crippen molar-refractivity contribution in [3.8, 4) is 39.9 Å². The fourth-order valence-electron chi connectivity index (χ4n) is 6.23. The predicted molar refractivity (Wildman–Crippen MR) is 167 cm³/mol. The SMILES string of the molecule is c1ccc(-c2cccc(-c3nc(-c4ccccc4)nc(-n4c5c(c6cc7ccccc7cc64)CCCC5)n3)c2)cc1. The van der Waals surface area contributed by atoms with E-state index in [0.717, 1.165) is 29.5 Å². The standard InChI is InChI=1S/C37H28N4/c1-3-12-25(13-4-1)27-18-11-19-30(22-27)36-38-35(26-14-5-2-6-15-26)39-37(40-36)41-33-21-10-9-20-31(33)32-23-28-16-7-8-17-29(28)24-34(32)41/h1-8,11-19,22-24H,9-10,20-21H2. The van der Waals surface area contributed by atoms with Crippen molar-refractivity contribution in [2.75, 3.05) is 0 Å². The van der Waals surface area contributed by atoms with Crippen molar-refractivity contribution in [2.45, 2.75) is 25.7 Å². The summed E-state index contributed by atoms with van der Waals surface area (Å²) < 4.78 is 2.31. The summed E-state index contributed by atoms with van der Waals surface area (Å²) in [7, 11) is 0. The number of hydrogen-bond donors (Lipinski definition) is 0. The minimum absolute atomic E-state index is 0.679. The van der Waals surface area contributed by atoms with Gasteiger partial charge in [0.1, 0.15) is 0 Å². The van der Waals surface area contributed by atoms with E-state index < -0.39 is 0 Å². The van der Waals surface area contributed by atoms with Crippen LogP contribution < -0.4 is 0 Å². The summed E-state index contributed by atoms with van der Waals surface area (Å²) in [5, 5.41) is 3.81. The molecule has 0 saturated carbocycles. The Balaban J connectivity index is 1.39. The molecule has 1 aliphatic rings. The van der Waals surface area contributed by atoms with Crippen LogP contribution in [0.5, 0.6) is 0 Å². The van der Waals surface area contributed by atoms with Crippen molar-refractivity contribution < 1.29 is 0 Å². The summed E-state index contributed by atoms with van der Waals surface area (Å²) in [6.07, 6.45) is 4.49. The quantitative estimate of drug-likeness (QED) is 0.229. The zero-order valence-corrected chi connectivity index (χ0v) is 22.7. The molecular weight excluding hydrogens is 500 g/mol. The third-order valence-corrected chi connectivity index (χ3v) is 8.22. The highest BCUT2D eigenvalue weighted by Crippen LogP contribution is 2.37. The summed E-state index contributed by atoms with van der Waals surface area (Å²) in [5.74, 6) is 2.05. The van der Waals surface area contributed by atoms with Crippen LogP contribution >= 0.6 is 0 Å². The maximum Gasteiger partial charge on any atom is 0.238 e. The fourth-order valence-corrected chi connectivity index (χ4v) is 6.23. The molecule has 4 heteroatoms. The maximum absolute atomic E-state index is 5.19. The lowest BCUT2D eigenvalue weighted by atomic mass is 9.95. The minimum atomic E-state index is 0.679. The lowest BCUT2D eigenvalue weighted by Gasteiger charge is -2.16. The molecule has 0 spiro atoms. The zero-order valence-electron chi connectivity index (χ0n) is 22.7. The first kappa shape index (κ1) is 23.8. The Morgan fingerprint density at radius 1 is 0.488 bits per heavy atom. The van der Waals surface area contributed by atoms with Crippen LogP contribution in [0, 0.1) is 0 Å². The van der Waals surface area contributed by atoms with Crippen molar-refractivity contribution in [3.05, 3.63) is 133 Å². The van der Waals surface area contributed by atoms with Crippen molar-refractivity contribution in [2.24, 2.45) is 0 Å². The number of rotatable bonds is 4. The van der Waals surface area contributed by atoms with E-state index in [-0.39, 0.29) is 0 Å². The first-order valence-electron chi connectivity index (χ1n) is 14.3. The first-order chi connectivity index (χ1) is 20.3. The molecule has 0 bridgehead atoms. The molecule has 7 aromatic rings. The maximum atomic E-state index is 5.19. The summed E-state index contributed by atoms with van der Waals surface area (Å²) in [6.45, 7) is 0. The van der Waals surface area contributed by atoms with E-state index >= 15 is 0 Å². The number of fused-ring (bicyclic) bond motifs is 4. The van der Waals surface area contributed by atoms with Crippen LogP contribution in [0.4, 0.5) is 0 Å². The Labute approximate surface area is 239 Å². The van der Waals surface area contributed by atoms with E-state index in [4.69, 9.17) is 15.0 Å². The van der Waals surface area contributed by atoms with E-state index in [1.54, 1.807) is 0 Å². The Hall–Kier alpha value is -5.09. The second-order valence-corrected chi connectivity index (χ2v) is 10.8. The Bertz CT molecular complexity index is 2040. The largest absolute Gasteiger partial charge is 0.282 e. The van der Waals surface area contributed by atoms with E-state index in [9.17, 15) is 0 Å². The van der Waals surface area contributed by atoms with Crippen molar-refractivity contribution in [1.29, 1.82) is 0 Å². The summed E-state index contributed by atoms with van der Waals surface area (Å²) in [5.41, 5.74) is 8.20. The van der Waals surface area contributed by atoms with Crippen LogP contribution in [-0.4, -0.2) is 19.5 Å².